The number of thiazole rings is 1. The molecule has 2 heterocycles. The molecule has 3 aliphatic rings. The number of aromatic nitrogens is 2. The van der Waals surface area contributed by atoms with Crippen LogP contribution in [0.25, 0.3) is 21.5 Å². The first-order valence-corrected chi connectivity index (χ1v) is 16.9. The Morgan fingerprint density at radius 2 is 1.75 bits per heavy atom. The van der Waals surface area contributed by atoms with Gasteiger partial charge in [0.1, 0.15) is 27.6 Å². The highest BCUT2D eigenvalue weighted by Gasteiger charge is 2.51. The number of halogens is 3. The zero-order chi connectivity index (χ0) is 31.8. The van der Waals surface area contributed by atoms with Gasteiger partial charge in [0, 0.05) is 17.0 Å². The third-order valence-electron chi connectivity index (χ3n) is 8.52. The van der Waals surface area contributed by atoms with Crippen LogP contribution in [0.5, 0.6) is 0 Å². The second-order valence-corrected chi connectivity index (χ2v) is 13.1. The summed E-state index contributed by atoms with van der Waals surface area (Å²) >= 11 is 14.1. The average Bonchev–Trinajstić information content (AvgIpc) is 3.29. The molecule has 236 valence electrons. The van der Waals surface area contributed by atoms with E-state index < -0.39 is 17.4 Å². The number of aliphatic hydroxyl groups is 1. The molecule has 0 aliphatic heterocycles. The Bertz CT molecular complexity index is 1620. The molecular weight excluding hydrogens is 626 g/mol. The average molecular weight is 664 g/mol. The summed E-state index contributed by atoms with van der Waals surface area (Å²) in [5, 5.41) is 26.6. The van der Waals surface area contributed by atoms with Crippen LogP contribution < -0.4 is 0 Å². The van der Waals surface area contributed by atoms with Gasteiger partial charge in [-0.2, -0.15) is 0 Å². The SMILES string of the molecule is CC.CC.O=C(O)c1cc(F)c2nc(C3(O)CC4CC(OCc5c(-c6c(Cl)cccc6Cl)noc5C5CC5)CC4C3)sc2c1. The molecular formula is C33H37Cl2FN2O5S. The molecule has 7 nitrogen and oxygen atoms in total. The summed E-state index contributed by atoms with van der Waals surface area (Å²) in [7, 11) is 0. The minimum Gasteiger partial charge on any atom is -0.478 e. The summed E-state index contributed by atoms with van der Waals surface area (Å²) in [5.41, 5.74) is 0.972. The van der Waals surface area contributed by atoms with E-state index in [9.17, 15) is 19.4 Å². The smallest absolute Gasteiger partial charge is 0.335 e. The van der Waals surface area contributed by atoms with Gasteiger partial charge in [-0.05, 0) is 74.6 Å². The number of nitrogens with zero attached hydrogens (tertiary/aromatic N) is 2. The Morgan fingerprint density at radius 1 is 1.11 bits per heavy atom. The van der Waals surface area contributed by atoms with Crippen molar-refractivity contribution in [3.05, 3.63) is 68.1 Å². The van der Waals surface area contributed by atoms with Gasteiger partial charge >= 0.3 is 5.97 Å². The molecule has 3 aliphatic carbocycles. The molecule has 2 N–H and O–H groups in total. The quantitative estimate of drug-likeness (QED) is 0.203. The normalized spacial score (nSPS) is 24.0. The minimum atomic E-state index is -1.20. The van der Waals surface area contributed by atoms with Crippen molar-refractivity contribution < 1.29 is 28.7 Å². The Morgan fingerprint density at radius 3 is 2.34 bits per heavy atom. The van der Waals surface area contributed by atoms with Crippen LogP contribution in [0.4, 0.5) is 4.39 Å². The van der Waals surface area contributed by atoms with E-state index in [2.05, 4.69) is 10.1 Å². The molecule has 2 unspecified atom stereocenters. The maximum absolute atomic E-state index is 14.5. The maximum Gasteiger partial charge on any atom is 0.335 e. The van der Waals surface area contributed by atoms with Gasteiger partial charge in [-0.3, -0.25) is 0 Å². The summed E-state index contributed by atoms with van der Waals surface area (Å²) in [6.07, 6.45) is 4.72. The largest absolute Gasteiger partial charge is 0.478 e. The van der Waals surface area contributed by atoms with Gasteiger partial charge in [-0.25, -0.2) is 14.2 Å². The van der Waals surface area contributed by atoms with Gasteiger partial charge in [0.2, 0.25) is 0 Å². The number of hydrogen-bond donors (Lipinski definition) is 2. The van der Waals surface area contributed by atoms with E-state index in [0.717, 1.165) is 54.4 Å². The first kappa shape index (κ1) is 32.8. The number of fused-ring (bicyclic) bond motifs is 2. The first-order chi connectivity index (χ1) is 21.2. The molecule has 0 radical (unpaired) electrons. The second-order valence-electron chi connectivity index (χ2n) is 11.2. The highest BCUT2D eigenvalue weighted by molar-refractivity contribution is 7.18. The molecule has 4 aromatic rings. The summed E-state index contributed by atoms with van der Waals surface area (Å²) in [6.45, 7) is 8.34. The lowest BCUT2D eigenvalue weighted by atomic mass is 9.98. The van der Waals surface area contributed by atoms with Crippen LogP contribution in [0.1, 0.15) is 98.8 Å². The van der Waals surface area contributed by atoms with E-state index in [1.165, 1.54) is 6.07 Å². The number of carbonyl (C=O) groups is 1. The number of aromatic carboxylic acids is 1. The molecule has 11 heteroatoms. The monoisotopic (exact) mass is 662 g/mol. The third kappa shape index (κ3) is 6.27. The molecule has 2 aromatic heterocycles. The summed E-state index contributed by atoms with van der Waals surface area (Å²) in [6, 6.07) is 7.74. The van der Waals surface area contributed by atoms with Crippen molar-refractivity contribution in [2.24, 2.45) is 11.8 Å². The molecule has 7 rings (SSSR count). The van der Waals surface area contributed by atoms with Crippen LogP contribution in [-0.4, -0.2) is 32.4 Å². The van der Waals surface area contributed by atoms with Crippen molar-refractivity contribution in [3.63, 3.8) is 0 Å². The molecule has 0 spiro atoms. The Hall–Kier alpha value is -2.56. The van der Waals surface area contributed by atoms with Crippen molar-refractivity contribution in [2.75, 3.05) is 0 Å². The van der Waals surface area contributed by atoms with Gasteiger partial charge < -0.3 is 19.5 Å². The summed E-state index contributed by atoms with van der Waals surface area (Å²) in [5.74, 6) is -0.233. The molecule has 3 fully saturated rings. The predicted molar refractivity (Wildman–Crippen MR) is 171 cm³/mol. The topological polar surface area (TPSA) is 106 Å². The number of benzene rings is 2. The molecule has 3 saturated carbocycles. The predicted octanol–water partition coefficient (Wildman–Crippen LogP) is 9.62. The van der Waals surface area contributed by atoms with E-state index in [1.807, 2.05) is 27.7 Å². The van der Waals surface area contributed by atoms with E-state index in [1.54, 1.807) is 18.2 Å². The van der Waals surface area contributed by atoms with Crippen LogP contribution in [0.2, 0.25) is 10.0 Å². The lowest BCUT2D eigenvalue weighted by Gasteiger charge is -2.22. The van der Waals surface area contributed by atoms with Gasteiger partial charge in [-0.15, -0.1) is 11.3 Å². The summed E-state index contributed by atoms with van der Waals surface area (Å²) < 4.78 is 27.2. The van der Waals surface area contributed by atoms with Gasteiger partial charge in [-0.1, -0.05) is 62.1 Å². The Labute approximate surface area is 270 Å². The van der Waals surface area contributed by atoms with Crippen LogP contribution in [0.3, 0.4) is 0 Å². The molecule has 2 aromatic carbocycles. The zero-order valence-corrected chi connectivity index (χ0v) is 27.5. The fourth-order valence-corrected chi connectivity index (χ4v) is 8.18. The summed E-state index contributed by atoms with van der Waals surface area (Å²) in [4.78, 5) is 15.7. The minimum absolute atomic E-state index is 0.0157. The van der Waals surface area contributed by atoms with Gasteiger partial charge in [0.15, 0.2) is 5.82 Å². The Balaban J connectivity index is 0.000000924. The fraction of sp³-hybridized carbons (Fsp3) is 0.485. The van der Waals surface area contributed by atoms with Gasteiger partial charge in [0.05, 0.1) is 33.0 Å². The standard InChI is InChI=1S/C29H25Cl2FN2O5S.2C2H6/c30-19-2-1-3-20(31)23(19)24-18(26(39-34-24)13-4-5-13)12-38-17-6-15-10-29(37,11-16(15)7-17)28-33-25-21(32)8-14(27(35)36)9-22(25)40-28;2*1-2/h1-3,8-9,13,15-17,37H,4-7,10-12H2,(H,35,36);2*1-2H3. The number of ether oxygens (including phenoxy) is 1. The second kappa shape index (κ2) is 13.4. The van der Waals surface area contributed by atoms with E-state index >= 15 is 0 Å². The maximum atomic E-state index is 14.5. The number of carboxylic acids is 1. The van der Waals surface area contributed by atoms with Crippen molar-refractivity contribution in [3.8, 4) is 11.3 Å². The highest BCUT2D eigenvalue weighted by Crippen LogP contribution is 2.55. The fourth-order valence-electron chi connectivity index (χ4n) is 6.48. The lowest BCUT2D eigenvalue weighted by Crippen LogP contribution is -2.23. The molecule has 44 heavy (non-hydrogen) atoms. The number of rotatable bonds is 7. The molecule has 0 bridgehead atoms. The lowest BCUT2D eigenvalue weighted by molar-refractivity contribution is 0.00957. The molecule has 2 atom stereocenters. The van der Waals surface area contributed by atoms with Crippen LogP contribution >= 0.6 is 34.5 Å². The number of carboxylic acid groups (broad SMARTS) is 1. The Kier molecular flexibility index (Phi) is 10.0. The van der Waals surface area contributed by atoms with Crippen LogP contribution in [0.15, 0.2) is 34.9 Å². The number of hydrogen-bond acceptors (Lipinski definition) is 7. The van der Waals surface area contributed by atoms with Crippen LogP contribution in [0, 0.1) is 17.7 Å². The van der Waals surface area contributed by atoms with Crippen molar-refractivity contribution >= 4 is 50.7 Å². The van der Waals surface area contributed by atoms with Crippen molar-refractivity contribution in [2.45, 2.75) is 90.4 Å². The highest BCUT2D eigenvalue weighted by atomic mass is 35.5. The van der Waals surface area contributed by atoms with Crippen molar-refractivity contribution in [1.29, 1.82) is 0 Å². The van der Waals surface area contributed by atoms with Crippen molar-refractivity contribution in [1.82, 2.24) is 10.1 Å². The van der Waals surface area contributed by atoms with Gasteiger partial charge in [0.25, 0.3) is 0 Å². The van der Waals surface area contributed by atoms with Crippen LogP contribution in [-0.2, 0) is 16.9 Å². The molecule has 0 saturated heterocycles. The van der Waals surface area contributed by atoms with E-state index in [0.29, 0.717) is 56.4 Å². The van der Waals surface area contributed by atoms with E-state index in [4.69, 9.17) is 32.5 Å². The molecule has 0 amide bonds. The first-order valence-electron chi connectivity index (χ1n) is 15.3. The zero-order valence-electron chi connectivity index (χ0n) is 25.2. The third-order valence-corrected chi connectivity index (χ3v) is 10.3. The van der Waals surface area contributed by atoms with E-state index in [-0.39, 0.29) is 29.0 Å².